The summed E-state index contributed by atoms with van der Waals surface area (Å²) in [6.45, 7) is 5.69. The molecule has 0 radical (unpaired) electrons. The normalized spacial score (nSPS) is 20.7. The average Bonchev–Trinajstić information content (AvgIpc) is 2.04. The lowest BCUT2D eigenvalue weighted by molar-refractivity contribution is -0.119. The van der Waals surface area contributed by atoms with Gasteiger partial charge in [-0.2, -0.15) is 0 Å². The Labute approximate surface area is 79.8 Å². The maximum absolute atomic E-state index is 10.8. The van der Waals surface area contributed by atoms with Gasteiger partial charge in [0.05, 0.1) is 0 Å². The minimum absolute atomic E-state index is 0.0485. The summed E-state index contributed by atoms with van der Waals surface area (Å²) in [7, 11) is 2.11. The summed E-state index contributed by atoms with van der Waals surface area (Å²) in [5.74, 6) is 0.0485. The van der Waals surface area contributed by atoms with Crippen LogP contribution >= 0.6 is 0 Å². The zero-order valence-corrected chi connectivity index (χ0v) is 8.63. The third-order valence-electron chi connectivity index (χ3n) is 2.42. The summed E-state index contributed by atoms with van der Waals surface area (Å²) in [5.41, 5.74) is 1.35. The van der Waals surface area contributed by atoms with E-state index in [0.29, 0.717) is 0 Å². The molecule has 3 heteroatoms. The van der Waals surface area contributed by atoms with Gasteiger partial charge in [-0.3, -0.25) is 4.79 Å². The van der Waals surface area contributed by atoms with Gasteiger partial charge in [-0.1, -0.05) is 6.08 Å². The maximum Gasteiger partial charge on any atom is 0.217 e. The van der Waals surface area contributed by atoms with E-state index in [4.69, 9.17) is 0 Å². The number of nitrogens with zero attached hydrogens (tertiary/aromatic N) is 1. The zero-order chi connectivity index (χ0) is 9.84. The predicted octanol–water partition coefficient (Wildman–Crippen LogP) is 0.773. The van der Waals surface area contributed by atoms with Crippen LogP contribution in [0.1, 0.15) is 20.3 Å². The molecule has 0 aromatic rings. The van der Waals surface area contributed by atoms with Crippen molar-refractivity contribution in [2.24, 2.45) is 0 Å². The van der Waals surface area contributed by atoms with Crippen molar-refractivity contribution < 1.29 is 4.79 Å². The highest BCUT2D eigenvalue weighted by Crippen LogP contribution is 2.12. The van der Waals surface area contributed by atoms with Gasteiger partial charge >= 0.3 is 0 Å². The molecule has 1 unspecified atom stereocenters. The second kappa shape index (κ2) is 4.42. The van der Waals surface area contributed by atoms with Crippen LogP contribution < -0.4 is 5.32 Å². The van der Waals surface area contributed by atoms with Crippen LogP contribution in [0.5, 0.6) is 0 Å². The van der Waals surface area contributed by atoms with E-state index in [1.807, 2.05) is 6.92 Å². The Kier molecular flexibility index (Phi) is 3.48. The van der Waals surface area contributed by atoms with E-state index in [2.05, 4.69) is 23.3 Å². The van der Waals surface area contributed by atoms with Gasteiger partial charge in [-0.25, -0.2) is 0 Å². The molecule has 1 aliphatic rings. The number of amides is 1. The van der Waals surface area contributed by atoms with Crippen molar-refractivity contribution in [2.75, 3.05) is 20.1 Å². The van der Waals surface area contributed by atoms with Gasteiger partial charge in [0.1, 0.15) is 0 Å². The number of carbonyl (C=O) groups excluding carboxylic acids is 1. The maximum atomic E-state index is 10.8. The van der Waals surface area contributed by atoms with Gasteiger partial charge in [0, 0.05) is 26.1 Å². The molecule has 13 heavy (non-hydrogen) atoms. The van der Waals surface area contributed by atoms with Crippen LogP contribution in [0.15, 0.2) is 11.6 Å². The molecule has 1 rings (SSSR count). The molecule has 0 aliphatic carbocycles. The molecule has 0 fully saturated rings. The van der Waals surface area contributed by atoms with Gasteiger partial charge in [-0.15, -0.1) is 0 Å². The van der Waals surface area contributed by atoms with E-state index in [1.54, 1.807) is 6.92 Å². The van der Waals surface area contributed by atoms with Crippen molar-refractivity contribution in [3.05, 3.63) is 11.6 Å². The van der Waals surface area contributed by atoms with Crippen molar-refractivity contribution in [1.29, 1.82) is 0 Å². The summed E-state index contributed by atoms with van der Waals surface area (Å²) >= 11 is 0. The highest BCUT2D eigenvalue weighted by Gasteiger charge is 2.13. The average molecular weight is 182 g/mol. The summed E-state index contributed by atoms with van der Waals surface area (Å²) < 4.78 is 0. The molecule has 0 bridgehead atoms. The Balaban J connectivity index is 2.47. The van der Waals surface area contributed by atoms with Crippen molar-refractivity contribution in [1.82, 2.24) is 10.2 Å². The number of hydrogen-bond donors (Lipinski definition) is 1. The van der Waals surface area contributed by atoms with Crippen LogP contribution in [0.4, 0.5) is 0 Å². The van der Waals surface area contributed by atoms with Gasteiger partial charge in [0.25, 0.3) is 0 Å². The first-order chi connectivity index (χ1) is 6.09. The third kappa shape index (κ3) is 3.19. The largest absolute Gasteiger partial charge is 0.350 e. The van der Waals surface area contributed by atoms with Crippen LogP contribution in [0.3, 0.4) is 0 Å². The number of hydrogen-bond acceptors (Lipinski definition) is 2. The van der Waals surface area contributed by atoms with E-state index in [-0.39, 0.29) is 11.9 Å². The van der Waals surface area contributed by atoms with E-state index < -0.39 is 0 Å². The Hall–Kier alpha value is -0.830. The molecule has 0 aromatic heterocycles. The van der Waals surface area contributed by atoms with E-state index in [0.717, 1.165) is 19.5 Å². The standard InChI is InChI=1S/C10H18N2O/c1-8(11-9(2)13)10-4-6-12(3)7-5-10/h4,8H,5-7H2,1-3H3,(H,11,13). The first kappa shape index (κ1) is 10.3. The van der Waals surface area contributed by atoms with E-state index in [1.165, 1.54) is 5.57 Å². The topological polar surface area (TPSA) is 32.3 Å². The van der Waals surface area contributed by atoms with Gasteiger partial charge < -0.3 is 10.2 Å². The lowest BCUT2D eigenvalue weighted by Gasteiger charge is -2.25. The fraction of sp³-hybridized carbons (Fsp3) is 0.700. The molecular weight excluding hydrogens is 164 g/mol. The fourth-order valence-corrected chi connectivity index (χ4v) is 1.58. The van der Waals surface area contributed by atoms with E-state index >= 15 is 0 Å². The van der Waals surface area contributed by atoms with Crippen molar-refractivity contribution in [3.8, 4) is 0 Å². The lowest BCUT2D eigenvalue weighted by Crippen LogP contribution is -2.35. The van der Waals surface area contributed by atoms with Crippen LogP contribution in [0.2, 0.25) is 0 Å². The molecule has 74 valence electrons. The van der Waals surface area contributed by atoms with Gasteiger partial charge in [0.2, 0.25) is 5.91 Å². The SMILES string of the molecule is CC(=O)NC(C)C1=CCN(C)CC1. The Morgan fingerprint density at radius 1 is 1.69 bits per heavy atom. The van der Waals surface area contributed by atoms with Crippen molar-refractivity contribution in [2.45, 2.75) is 26.3 Å². The monoisotopic (exact) mass is 182 g/mol. The van der Waals surface area contributed by atoms with Crippen molar-refractivity contribution in [3.63, 3.8) is 0 Å². The highest BCUT2D eigenvalue weighted by molar-refractivity contribution is 5.73. The molecule has 0 saturated carbocycles. The zero-order valence-electron chi connectivity index (χ0n) is 8.63. The third-order valence-corrected chi connectivity index (χ3v) is 2.42. The molecule has 1 heterocycles. The molecule has 3 nitrogen and oxygen atoms in total. The molecule has 1 amide bonds. The summed E-state index contributed by atoms with van der Waals surface area (Å²) in [6.07, 6.45) is 3.28. The molecule has 0 saturated heterocycles. The van der Waals surface area contributed by atoms with Crippen LogP contribution in [0.25, 0.3) is 0 Å². The molecular formula is C10H18N2O. The number of carbonyl (C=O) groups is 1. The molecule has 0 spiro atoms. The summed E-state index contributed by atoms with van der Waals surface area (Å²) in [6, 6.07) is 0.200. The van der Waals surface area contributed by atoms with Crippen LogP contribution in [0, 0.1) is 0 Å². The van der Waals surface area contributed by atoms with E-state index in [9.17, 15) is 4.79 Å². The molecule has 1 atom stereocenters. The van der Waals surface area contributed by atoms with Crippen LogP contribution in [-0.4, -0.2) is 37.0 Å². The lowest BCUT2D eigenvalue weighted by atomic mass is 10.0. The molecule has 1 N–H and O–H groups in total. The number of nitrogens with one attached hydrogen (secondary N) is 1. The second-order valence-electron chi connectivity index (χ2n) is 3.71. The Morgan fingerprint density at radius 3 is 2.85 bits per heavy atom. The highest BCUT2D eigenvalue weighted by atomic mass is 16.1. The van der Waals surface area contributed by atoms with Crippen molar-refractivity contribution >= 4 is 5.91 Å². The first-order valence-electron chi connectivity index (χ1n) is 4.74. The molecule has 1 aliphatic heterocycles. The Morgan fingerprint density at radius 2 is 2.38 bits per heavy atom. The summed E-state index contributed by atoms with van der Waals surface area (Å²) in [5, 5.41) is 2.90. The van der Waals surface area contributed by atoms with Crippen LogP contribution in [-0.2, 0) is 4.79 Å². The quantitative estimate of drug-likeness (QED) is 0.640. The number of likely N-dealkylation sites (N-methyl/N-ethyl adjacent to an activating group) is 1. The Bertz CT molecular complexity index is 223. The smallest absolute Gasteiger partial charge is 0.217 e. The predicted molar refractivity (Wildman–Crippen MR) is 53.5 cm³/mol. The minimum Gasteiger partial charge on any atom is -0.350 e. The fourth-order valence-electron chi connectivity index (χ4n) is 1.58. The summed E-state index contributed by atoms with van der Waals surface area (Å²) in [4.78, 5) is 13.1. The number of rotatable bonds is 2. The minimum atomic E-state index is 0.0485. The molecule has 0 aromatic carbocycles. The van der Waals surface area contributed by atoms with Gasteiger partial charge in [-0.05, 0) is 26.0 Å². The van der Waals surface area contributed by atoms with Gasteiger partial charge in [0.15, 0.2) is 0 Å². The first-order valence-corrected chi connectivity index (χ1v) is 4.74. The second-order valence-corrected chi connectivity index (χ2v) is 3.71.